The van der Waals surface area contributed by atoms with Gasteiger partial charge in [0.15, 0.2) is 6.79 Å². The Labute approximate surface area is 106 Å². The zero-order chi connectivity index (χ0) is 13.1. The highest BCUT2D eigenvalue weighted by Gasteiger charge is 2.43. The number of fused-ring (bicyclic) bond motifs is 2. The lowest BCUT2D eigenvalue weighted by Crippen LogP contribution is -2.21. The minimum atomic E-state index is -0.327. The molecule has 18 heavy (non-hydrogen) atoms. The number of ether oxygens (including phenoxy) is 3. The first-order valence-electron chi connectivity index (χ1n) is 6.26. The summed E-state index contributed by atoms with van der Waals surface area (Å²) in [6, 6.07) is 0. The van der Waals surface area contributed by atoms with E-state index in [-0.39, 0.29) is 24.6 Å². The van der Waals surface area contributed by atoms with Gasteiger partial charge in [-0.1, -0.05) is 0 Å². The predicted molar refractivity (Wildman–Crippen MR) is 62.2 cm³/mol. The van der Waals surface area contributed by atoms with E-state index in [0.717, 1.165) is 24.8 Å². The first-order chi connectivity index (χ1) is 8.61. The quantitative estimate of drug-likeness (QED) is 0.425. The van der Waals surface area contributed by atoms with E-state index in [1.54, 1.807) is 0 Å². The molecule has 100 valence electrons. The molecular weight excluding hydrogens is 236 g/mol. The Balaban J connectivity index is 1.97. The molecule has 2 aliphatic rings. The molecule has 0 amide bonds. The summed E-state index contributed by atoms with van der Waals surface area (Å²) in [5.41, 5.74) is 0.941. The molecule has 0 radical (unpaired) electrons. The fourth-order valence-corrected chi connectivity index (χ4v) is 2.67. The summed E-state index contributed by atoms with van der Waals surface area (Å²) >= 11 is 0. The summed E-state index contributed by atoms with van der Waals surface area (Å²) in [6.45, 7) is 3.73. The standard InChI is InChI=1S/C13H18O5/c1-3-16-7-17-13(15)11-5-9-4-10(11)12(6-9)18-8(2)14/h9,11H,3-7H2,1-2H3. The van der Waals surface area contributed by atoms with E-state index in [2.05, 4.69) is 0 Å². The van der Waals surface area contributed by atoms with Crippen LogP contribution in [-0.4, -0.2) is 25.3 Å². The summed E-state index contributed by atoms with van der Waals surface area (Å²) in [5.74, 6) is 0.242. The van der Waals surface area contributed by atoms with Crippen molar-refractivity contribution in [1.29, 1.82) is 0 Å². The molecular formula is C13H18O5. The van der Waals surface area contributed by atoms with Crippen LogP contribution in [0.15, 0.2) is 11.3 Å². The van der Waals surface area contributed by atoms with E-state index in [9.17, 15) is 9.59 Å². The smallest absolute Gasteiger partial charge is 0.315 e. The van der Waals surface area contributed by atoms with Crippen molar-refractivity contribution < 1.29 is 23.8 Å². The molecule has 1 fully saturated rings. The lowest BCUT2D eigenvalue weighted by molar-refractivity contribution is -0.160. The van der Waals surface area contributed by atoms with Gasteiger partial charge in [0.05, 0.1) is 5.92 Å². The van der Waals surface area contributed by atoms with E-state index >= 15 is 0 Å². The molecule has 1 saturated carbocycles. The maximum Gasteiger partial charge on any atom is 0.315 e. The number of allylic oxidation sites excluding steroid dienone is 1. The summed E-state index contributed by atoms with van der Waals surface area (Å²) in [5, 5.41) is 0. The molecule has 5 heteroatoms. The van der Waals surface area contributed by atoms with Crippen LogP contribution in [0.2, 0.25) is 0 Å². The SMILES string of the molecule is CCOCOC(=O)C1CC2CC(OC(C)=O)=C1C2. The minimum Gasteiger partial charge on any atom is -0.438 e. The highest BCUT2D eigenvalue weighted by molar-refractivity contribution is 5.77. The van der Waals surface area contributed by atoms with E-state index in [0.29, 0.717) is 18.3 Å². The van der Waals surface area contributed by atoms with Crippen LogP contribution in [0, 0.1) is 11.8 Å². The molecule has 0 aromatic carbocycles. The van der Waals surface area contributed by atoms with Gasteiger partial charge in [-0.05, 0) is 31.3 Å². The molecule has 0 aromatic heterocycles. The van der Waals surface area contributed by atoms with Crippen molar-refractivity contribution >= 4 is 11.9 Å². The molecule has 5 nitrogen and oxygen atoms in total. The van der Waals surface area contributed by atoms with Crippen LogP contribution in [0.25, 0.3) is 0 Å². The third kappa shape index (κ3) is 2.72. The monoisotopic (exact) mass is 254 g/mol. The van der Waals surface area contributed by atoms with Gasteiger partial charge in [0.25, 0.3) is 0 Å². The van der Waals surface area contributed by atoms with Crippen molar-refractivity contribution in [2.45, 2.75) is 33.1 Å². The van der Waals surface area contributed by atoms with Gasteiger partial charge >= 0.3 is 11.9 Å². The fourth-order valence-electron chi connectivity index (χ4n) is 2.67. The van der Waals surface area contributed by atoms with Crippen molar-refractivity contribution in [3.05, 3.63) is 11.3 Å². The van der Waals surface area contributed by atoms with Gasteiger partial charge in [-0.3, -0.25) is 9.59 Å². The normalized spacial score (nSPS) is 25.4. The average molecular weight is 254 g/mol. The van der Waals surface area contributed by atoms with Gasteiger partial charge in [0.2, 0.25) is 0 Å². The van der Waals surface area contributed by atoms with Crippen molar-refractivity contribution in [2.24, 2.45) is 11.8 Å². The topological polar surface area (TPSA) is 61.8 Å². The Hall–Kier alpha value is -1.36. The number of rotatable bonds is 5. The zero-order valence-electron chi connectivity index (χ0n) is 10.7. The highest BCUT2D eigenvalue weighted by atomic mass is 16.7. The maximum absolute atomic E-state index is 11.9. The van der Waals surface area contributed by atoms with E-state index < -0.39 is 0 Å². The van der Waals surface area contributed by atoms with Crippen molar-refractivity contribution in [1.82, 2.24) is 0 Å². The number of hydrogen-bond acceptors (Lipinski definition) is 5. The number of esters is 2. The van der Waals surface area contributed by atoms with Crippen molar-refractivity contribution in [2.75, 3.05) is 13.4 Å². The molecule has 0 N–H and O–H groups in total. The Morgan fingerprint density at radius 1 is 1.33 bits per heavy atom. The number of carbonyl (C=O) groups is 2. The second-order valence-electron chi connectivity index (χ2n) is 4.68. The van der Waals surface area contributed by atoms with Gasteiger partial charge in [-0.15, -0.1) is 0 Å². The van der Waals surface area contributed by atoms with Gasteiger partial charge in [-0.2, -0.15) is 0 Å². The lowest BCUT2D eigenvalue weighted by Gasteiger charge is -2.18. The predicted octanol–water partition coefficient (Wildman–Crippen LogP) is 1.77. The fraction of sp³-hybridized carbons (Fsp3) is 0.692. The third-order valence-electron chi connectivity index (χ3n) is 3.37. The highest BCUT2D eigenvalue weighted by Crippen LogP contribution is 2.48. The molecule has 2 aliphatic carbocycles. The molecule has 2 rings (SSSR count). The second kappa shape index (κ2) is 5.52. The first kappa shape index (κ1) is 13.1. The van der Waals surface area contributed by atoms with Crippen LogP contribution in [0.4, 0.5) is 0 Å². The van der Waals surface area contributed by atoms with Gasteiger partial charge in [-0.25, -0.2) is 0 Å². The number of carbonyl (C=O) groups excluding carboxylic acids is 2. The zero-order valence-corrected chi connectivity index (χ0v) is 10.7. The number of hydrogen-bond donors (Lipinski definition) is 0. The molecule has 2 atom stereocenters. The van der Waals surface area contributed by atoms with E-state index in [1.165, 1.54) is 6.92 Å². The van der Waals surface area contributed by atoms with Gasteiger partial charge in [0, 0.05) is 20.0 Å². The molecule has 0 heterocycles. The Kier molecular flexibility index (Phi) is 4.01. The van der Waals surface area contributed by atoms with Crippen LogP contribution in [-0.2, 0) is 23.8 Å². The van der Waals surface area contributed by atoms with Crippen LogP contribution < -0.4 is 0 Å². The van der Waals surface area contributed by atoms with Crippen LogP contribution in [0.3, 0.4) is 0 Å². The first-order valence-corrected chi connectivity index (χ1v) is 6.26. The van der Waals surface area contributed by atoms with Crippen LogP contribution >= 0.6 is 0 Å². The van der Waals surface area contributed by atoms with Crippen LogP contribution in [0.5, 0.6) is 0 Å². The Morgan fingerprint density at radius 3 is 2.72 bits per heavy atom. The van der Waals surface area contributed by atoms with E-state index in [1.807, 2.05) is 6.92 Å². The van der Waals surface area contributed by atoms with E-state index in [4.69, 9.17) is 14.2 Å². The second-order valence-corrected chi connectivity index (χ2v) is 4.68. The Bertz CT molecular complexity index is 385. The lowest BCUT2D eigenvalue weighted by atomic mass is 9.95. The summed E-state index contributed by atoms with van der Waals surface area (Å²) in [6.07, 6.45) is 2.41. The van der Waals surface area contributed by atoms with Gasteiger partial charge in [0.1, 0.15) is 5.76 Å². The summed E-state index contributed by atoms with van der Waals surface area (Å²) < 4.78 is 15.2. The minimum absolute atomic E-state index is 0.00726. The van der Waals surface area contributed by atoms with Crippen LogP contribution in [0.1, 0.15) is 33.1 Å². The molecule has 0 aromatic rings. The van der Waals surface area contributed by atoms with Crippen molar-refractivity contribution in [3.63, 3.8) is 0 Å². The van der Waals surface area contributed by atoms with Gasteiger partial charge < -0.3 is 14.2 Å². The molecule has 0 saturated heterocycles. The Morgan fingerprint density at radius 2 is 2.11 bits per heavy atom. The molecule has 0 aliphatic heterocycles. The summed E-state index contributed by atoms with van der Waals surface area (Å²) in [7, 11) is 0. The van der Waals surface area contributed by atoms with Crippen molar-refractivity contribution in [3.8, 4) is 0 Å². The molecule has 0 spiro atoms. The average Bonchev–Trinajstić information content (AvgIpc) is 2.87. The molecule has 2 unspecified atom stereocenters. The largest absolute Gasteiger partial charge is 0.438 e. The molecule has 2 bridgehead atoms. The summed E-state index contributed by atoms with van der Waals surface area (Å²) in [4.78, 5) is 22.8. The maximum atomic E-state index is 11.9. The third-order valence-corrected chi connectivity index (χ3v) is 3.37.